The average molecular weight is 399 g/mol. The summed E-state index contributed by atoms with van der Waals surface area (Å²) in [6, 6.07) is 12.5. The van der Waals surface area contributed by atoms with E-state index in [1.165, 1.54) is 37.7 Å². The van der Waals surface area contributed by atoms with Gasteiger partial charge in [-0.1, -0.05) is 45.2 Å². The lowest BCUT2D eigenvalue weighted by molar-refractivity contribution is 0.0911. The first kappa shape index (κ1) is 21.4. The van der Waals surface area contributed by atoms with Crippen LogP contribution in [0.25, 0.3) is 0 Å². The highest BCUT2D eigenvalue weighted by Crippen LogP contribution is 2.27. The zero-order chi connectivity index (χ0) is 20.6. The van der Waals surface area contributed by atoms with Crippen LogP contribution in [-0.4, -0.2) is 30.5 Å². The normalized spacial score (nSPS) is 15.1. The molecular weight excluding hydrogens is 364 g/mol. The van der Waals surface area contributed by atoms with Crippen LogP contribution in [0, 0.1) is 5.92 Å². The summed E-state index contributed by atoms with van der Waals surface area (Å²) in [5.74, 6) is 2.40. The van der Waals surface area contributed by atoms with Gasteiger partial charge in [0.15, 0.2) is 5.76 Å². The van der Waals surface area contributed by atoms with E-state index in [0.29, 0.717) is 30.8 Å². The monoisotopic (exact) mass is 398 g/mol. The Morgan fingerprint density at radius 3 is 2.69 bits per heavy atom. The highest BCUT2D eigenvalue weighted by Gasteiger charge is 2.23. The summed E-state index contributed by atoms with van der Waals surface area (Å²) in [4.78, 5) is 14.8. The van der Waals surface area contributed by atoms with Gasteiger partial charge < -0.3 is 14.5 Å². The molecule has 2 aromatic rings. The van der Waals surface area contributed by atoms with Crippen LogP contribution in [-0.2, 0) is 13.1 Å². The third-order valence-electron chi connectivity index (χ3n) is 5.53. The van der Waals surface area contributed by atoms with E-state index in [0.717, 1.165) is 18.1 Å². The number of amides is 1. The maximum absolute atomic E-state index is 12.3. The maximum Gasteiger partial charge on any atom is 0.287 e. The molecule has 1 N–H and O–H groups in total. The van der Waals surface area contributed by atoms with E-state index in [-0.39, 0.29) is 5.91 Å². The second-order valence-corrected chi connectivity index (χ2v) is 8.42. The van der Waals surface area contributed by atoms with Crippen molar-refractivity contribution < 1.29 is 13.9 Å². The number of nitrogens with one attached hydrogen (secondary N) is 1. The second-order valence-electron chi connectivity index (χ2n) is 8.42. The van der Waals surface area contributed by atoms with E-state index in [9.17, 15) is 4.79 Å². The Hall–Kier alpha value is -2.27. The quantitative estimate of drug-likeness (QED) is 0.645. The van der Waals surface area contributed by atoms with Crippen molar-refractivity contribution in [3.8, 4) is 5.75 Å². The number of methoxy groups -OCH3 is 1. The molecule has 5 heteroatoms. The number of hydrogen-bond donors (Lipinski definition) is 1. The van der Waals surface area contributed by atoms with Gasteiger partial charge in [-0.2, -0.15) is 0 Å². The third kappa shape index (κ3) is 6.36. The molecule has 1 saturated carbocycles. The van der Waals surface area contributed by atoms with Crippen molar-refractivity contribution in [1.82, 2.24) is 10.2 Å². The van der Waals surface area contributed by atoms with Gasteiger partial charge in [-0.3, -0.25) is 9.69 Å². The summed E-state index contributed by atoms with van der Waals surface area (Å²) in [5.41, 5.74) is 1.23. The highest BCUT2D eigenvalue weighted by molar-refractivity contribution is 5.91. The smallest absolute Gasteiger partial charge is 0.287 e. The van der Waals surface area contributed by atoms with Gasteiger partial charge in [0.2, 0.25) is 0 Å². The van der Waals surface area contributed by atoms with Crippen LogP contribution < -0.4 is 10.1 Å². The fourth-order valence-corrected chi connectivity index (χ4v) is 3.93. The number of nitrogens with zero attached hydrogens (tertiary/aromatic N) is 1. The Labute approximate surface area is 174 Å². The number of carbonyl (C=O) groups excluding carboxylic acids is 1. The van der Waals surface area contributed by atoms with Crippen LogP contribution in [0.2, 0.25) is 0 Å². The molecule has 1 aliphatic rings. The molecule has 0 bridgehead atoms. The van der Waals surface area contributed by atoms with E-state index < -0.39 is 0 Å². The Morgan fingerprint density at radius 2 is 1.97 bits per heavy atom. The molecule has 0 aliphatic heterocycles. The van der Waals surface area contributed by atoms with Gasteiger partial charge in [0.25, 0.3) is 5.91 Å². The number of ether oxygens (including phenoxy) is 1. The van der Waals surface area contributed by atoms with Crippen molar-refractivity contribution in [3.05, 3.63) is 53.5 Å². The predicted molar refractivity (Wildman–Crippen MR) is 115 cm³/mol. The summed E-state index contributed by atoms with van der Waals surface area (Å²) in [7, 11) is 1.70. The minimum Gasteiger partial charge on any atom is -0.497 e. The molecule has 1 aliphatic carbocycles. The van der Waals surface area contributed by atoms with E-state index in [2.05, 4.69) is 36.2 Å². The van der Waals surface area contributed by atoms with Crippen LogP contribution in [0.4, 0.5) is 0 Å². The van der Waals surface area contributed by atoms with E-state index in [1.54, 1.807) is 13.2 Å². The van der Waals surface area contributed by atoms with Gasteiger partial charge in [0.05, 0.1) is 13.7 Å². The SMILES string of the molecule is COc1cccc(CN(Cc2ccc(C(=O)NCC(C)C)o2)C2CCCCC2)c1. The number of carbonyl (C=O) groups is 1. The van der Waals surface area contributed by atoms with E-state index in [1.807, 2.05) is 18.2 Å². The Bertz CT molecular complexity index is 778. The molecule has 158 valence electrons. The number of rotatable bonds is 9. The molecule has 1 heterocycles. The fourth-order valence-electron chi connectivity index (χ4n) is 3.93. The molecule has 0 spiro atoms. The predicted octanol–water partition coefficient (Wildman–Crippen LogP) is 5.01. The van der Waals surface area contributed by atoms with E-state index in [4.69, 9.17) is 9.15 Å². The molecule has 1 aromatic heterocycles. The van der Waals surface area contributed by atoms with Crippen LogP contribution >= 0.6 is 0 Å². The summed E-state index contributed by atoms with van der Waals surface area (Å²) < 4.78 is 11.3. The van der Waals surface area contributed by atoms with Crippen molar-refractivity contribution in [1.29, 1.82) is 0 Å². The molecule has 29 heavy (non-hydrogen) atoms. The van der Waals surface area contributed by atoms with Gasteiger partial charge in [-0.15, -0.1) is 0 Å². The summed E-state index contributed by atoms with van der Waals surface area (Å²) >= 11 is 0. The van der Waals surface area contributed by atoms with Gasteiger partial charge in [0, 0.05) is 19.1 Å². The largest absolute Gasteiger partial charge is 0.497 e. The third-order valence-corrected chi connectivity index (χ3v) is 5.53. The summed E-state index contributed by atoms with van der Waals surface area (Å²) in [5, 5.41) is 2.92. The fraction of sp³-hybridized carbons (Fsp3) is 0.542. The van der Waals surface area contributed by atoms with Gasteiger partial charge in [0.1, 0.15) is 11.5 Å². The molecule has 0 saturated heterocycles. The zero-order valence-electron chi connectivity index (χ0n) is 17.9. The summed E-state index contributed by atoms with van der Waals surface area (Å²) in [6.07, 6.45) is 6.31. The van der Waals surface area contributed by atoms with Gasteiger partial charge in [-0.25, -0.2) is 0 Å². The molecule has 1 amide bonds. The van der Waals surface area contributed by atoms with Crippen molar-refractivity contribution >= 4 is 5.91 Å². The van der Waals surface area contributed by atoms with Crippen molar-refractivity contribution in [2.24, 2.45) is 5.92 Å². The molecule has 0 radical (unpaired) electrons. The Kier molecular flexibility index (Phi) is 7.76. The maximum atomic E-state index is 12.3. The lowest BCUT2D eigenvalue weighted by Gasteiger charge is -2.34. The minimum atomic E-state index is -0.137. The Balaban J connectivity index is 1.70. The lowest BCUT2D eigenvalue weighted by atomic mass is 9.93. The molecule has 1 fully saturated rings. The number of benzene rings is 1. The second kappa shape index (κ2) is 10.5. The molecule has 0 atom stereocenters. The first-order valence-electron chi connectivity index (χ1n) is 10.8. The standard InChI is InChI=1S/C24H34N2O3/c1-18(2)15-25-24(27)23-13-12-22(29-23)17-26(20-9-5-4-6-10-20)16-19-8-7-11-21(14-19)28-3/h7-8,11-14,18,20H,4-6,9-10,15-17H2,1-3H3,(H,25,27). The van der Waals surface area contributed by atoms with Crippen LogP contribution in [0.5, 0.6) is 5.75 Å². The van der Waals surface area contributed by atoms with Crippen LogP contribution in [0.15, 0.2) is 40.8 Å². The van der Waals surface area contributed by atoms with Crippen molar-refractivity contribution in [2.45, 2.75) is 65.1 Å². The van der Waals surface area contributed by atoms with Gasteiger partial charge >= 0.3 is 0 Å². The van der Waals surface area contributed by atoms with Crippen molar-refractivity contribution in [3.63, 3.8) is 0 Å². The average Bonchev–Trinajstić information content (AvgIpc) is 3.21. The molecule has 5 nitrogen and oxygen atoms in total. The zero-order valence-corrected chi connectivity index (χ0v) is 17.9. The lowest BCUT2D eigenvalue weighted by Crippen LogP contribution is -2.35. The van der Waals surface area contributed by atoms with Crippen LogP contribution in [0.1, 0.15) is 67.8 Å². The minimum absolute atomic E-state index is 0.137. The van der Waals surface area contributed by atoms with Crippen LogP contribution in [0.3, 0.4) is 0 Å². The molecule has 0 unspecified atom stereocenters. The van der Waals surface area contributed by atoms with E-state index >= 15 is 0 Å². The molecule has 1 aromatic carbocycles. The summed E-state index contributed by atoms with van der Waals surface area (Å²) in [6.45, 7) is 6.36. The number of furan rings is 1. The van der Waals surface area contributed by atoms with Crippen molar-refractivity contribution in [2.75, 3.05) is 13.7 Å². The number of hydrogen-bond acceptors (Lipinski definition) is 4. The highest BCUT2D eigenvalue weighted by atomic mass is 16.5. The molecule has 3 rings (SSSR count). The van der Waals surface area contributed by atoms with Gasteiger partial charge in [-0.05, 0) is 48.6 Å². The first-order chi connectivity index (χ1) is 14.0. The first-order valence-corrected chi connectivity index (χ1v) is 10.8. The topological polar surface area (TPSA) is 54.7 Å². The molecular formula is C24H34N2O3. The Morgan fingerprint density at radius 1 is 1.17 bits per heavy atom.